The highest BCUT2D eigenvalue weighted by Gasteiger charge is 2.49. The second-order valence-electron chi connectivity index (χ2n) is 9.33. The third-order valence-corrected chi connectivity index (χ3v) is 7.57. The van der Waals surface area contributed by atoms with Crippen LogP contribution < -0.4 is 5.32 Å². The third kappa shape index (κ3) is 4.04. The van der Waals surface area contributed by atoms with E-state index in [-0.39, 0.29) is 18.4 Å². The molecule has 3 unspecified atom stereocenters. The number of nitrogens with zero attached hydrogens (tertiary/aromatic N) is 1. The molecule has 0 spiro atoms. The van der Waals surface area contributed by atoms with Crippen LogP contribution in [-0.4, -0.2) is 52.7 Å². The van der Waals surface area contributed by atoms with Gasteiger partial charge in [0.1, 0.15) is 12.1 Å². The number of amides is 2. The number of rotatable bonds is 7. The number of carboxylic acid groups (broad SMARTS) is 1. The van der Waals surface area contributed by atoms with E-state index in [0.29, 0.717) is 25.8 Å². The molecule has 0 aromatic heterocycles. The number of alkyl carbamates (subject to hydrolysis) is 1. The topological polar surface area (TPSA) is 95.9 Å². The third-order valence-electron chi connectivity index (χ3n) is 7.57. The summed E-state index contributed by atoms with van der Waals surface area (Å²) in [5.41, 5.74) is 3.42. The van der Waals surface area contributed by atoms with Crippen LogP contribution in [-0.2, 0) is 14.3 Å². The molecule has 1 aliphatic carbocycles. The zero-order valence-corrected chi connectivity index (χ0v) is 19.9. The summed E-state index contributed by atoms with van der Waals surface area (Å²) in [4.78, 5) is 39.2. The van der Waals surface area contributed by atoms with Gasteiger partial charge in [0, 0.05) is 18.5 Å². The molecule has 0 saturated carbocycles. The summed E-state index contributed by atoms with van der Waals surface area (Å²) in [6.07, 6.45) is 0.878. The highest BCUT2D eigenvalue weighted by Crippen LogP contribution is 2.44. The van der Waals surface area contributed by atoms with Crippen LogP contribution in [0.25, 0.3) is 11.1 Å². The van der Waals surface area contributed by atoms with Crippen molar-refractivity contribution < 1.29 is 24.2 Å². The molecular weight excluding hydrogens is 432 g/mol. The van der Waals surface area contributed by atoms with Gasteiger partial charge in [-0.1, -0.05) is 62.4 Å². The van der Waals surface area contributed by atoms with Crippen molar-refractivity contribution in [1.82, 2.24) is 10.2 Å². The van der Waals surface area contributed by atoms with E-state index < -0.39 is 29.6 Å². The Balaban J connectivity index is 1.38. The van der Waals surface area contributed by atoms with E-state index in [4.69, 9.17) is 4.74 Å². The molecule has 34 heavy (non-hydrogen) atoms. The lowest BCUT2D eigenvalue weighted by Gasteiger charge is -2.36. The average molecular weight is 465 g/mol. The first-order valence-electron chi connectivity index (χ1n) is 12.0. The van der Waals surface area contributed by atoms with E-state index >= 15 is 0 Å². The van der Waals surface area contributed by atoms with Crippen LogP contribution in [0, 0.1) is 5.92 Å². The Labute approximate surface area is 200 Å². The molecule has 2 aromatic rings. The number of hydrogen-bond donors (Lipinski definition) is 2. The number of aliphatic carboxylic acids is 1. The summed E-state index contributed by atoms with van der Waals surface area (Å²) in [7, 11) is 0. The van der Waals surface area contributed by atoms with Gasteiger partial charge in [-0.2, -0.15) is 0 Å². The fourth-order valence-corrected chi connectivity index (χ4v) is 5.35. The zero-order chi connectivity index (χ0) is 24.5. The minimum absolute atomic E-state index is 0.0437. The molecule has 1 aliphatic heterocycles. The quantitative estimate of drug-likeness (QED) is 0.633. The molecule has 7 nitrogen and oxygen atoms in total. The van der Waals surface area contributed by atoms with Crippen molar-refractivity contribution in [3.8, 4) is 11.1 Å². The molecule has 0 bridgehead atoms. The number of carbonyl (C=O) groups excluding carboxylic acids is 2. The lowest BCUT2D eigenvalue weighted by Crippen LogP contribution is -2.56. The summed E-state index contributed by atoms with van der Waals surface area (Å²) >= 11 is 0. The maximum Gasteiger partial charge on any atom is 0.407 e. The van der Waals surface area contributed by atoms with Crippen molar-refractivity contribution in [3.05, 3.63) is 59.7 Å². The van der Waals surface area contributed by atoms with Crippen molar-refractivity contribution in [2.24, 2.45) is 5.92 Å². The first kappa shape index (κ1) is 23.8. The minimum Gasteiger partial charge on any atom is -0.479 e. The predicted molar refractivity (Wildman–Crippen MR) is 128 cm³/mol. The van der Waals surface area contributed by atoms with Gasteiger partial charge in [-0.3, -0.25) is 4.79 Å². The molecule has 1 fully saturated rings. The molecule has 3 atom stereocenters. The van der Waals surface area contributed by atoms with Gasteiger partial charge >= 0.3 is 12.1 Å². The maximum atomic E-state index is 13.2. The molecule has 2 aromatic carbocycles. The van der Waals surface area contributed by atoms with Crippen LogP contribution in [0.1, 0.15) is 57.1 Å². The first-order chi connectivity index (χ1) is 16.3. The zero-order valence-electron chi connectivity index (χ0n) is 19.9. The number of ether oxygens (including phenoxy) is 1. The lowest BCUT2D eigenvalue weighted by atomic mass is 9.91. The van der Waals surface area contributed by atoms with Gasteiger partial charge in [0.2, 0.25) is 5.91 Å². The second-order valence-corrected chi connectivity index (χ2v) is 9.33. The molecule has 1 heterocycles. The Morgan fingerprint density at radius 1 is 1.09 bits per heavy atom. The van der Waals surface area contributed by atoms with Crippen molar-refractivity contribution in [1.29, 1.82) is 0 Å². The minimum atomic E-state index is -1.16. The molecule has 1 saturated heterocycles. The fourth-order valence-electron chi connectivity index (χ4n) is 5.35. The number of fused-ring (bicyclic) bond motifs is 3. The molecule has 4 rings (SSSR count). The predicted octanol–water partition coefficient (Wildman–Crippen LogP) is 4.41. The molecule has 2 N–H and O–H groups in total. The standard InChI is InChI=1S/C27H32N2O5/c1-4-27(25(31)32)14-9-15-29(27)24(30)17(2)18(3)28-26(33)34-16-23-21-12-7-5-10-19(21)20-11-6-8-13-22(20)23/h5-8,10-13,17-18,23H,4,9,14-16H2,1-3H3,(H,28,33)(H,31,32). The number of carbonyl (C=O) groups is 3. The monoisotopic (exact) mass is 464 g/mol. The van der Waals surface area contributed by atoms with Crippen LogP contribution in [0.15, 0.2) is 48.5 Å². The second kappa shape index (κ2) is 9.49. The van der Waals surface area contributed by atoms with Crippen LogP contribution in [0.3, 0.4) is 0 Å². The van der Waals surface area contributed by atoms with Gasteiger partial charge in [0.15, 0.2) is 0 Å². The Hall–Kier alpha value is -3.35. The van der Waals surface area contributed by atoms with Crippen molar-refractivity contribution in [2.45, 2.75) is 57.5 Å². The number of nitrogens with one attached hydrogen (secondary N) is 1. The Bertz CT molecular complexity index is 1050. The van der Waals surface area contributed by atoms with Crippen molar-refractivity contribution in [2.75, 3.05) is 13.2 Å². The molecular formula is C27H32N2O5. The smallest absolute Gasteiger partial charge is 0.407 e. The van der Waals surface area contributed by atoms with Crippen LogP contribution >= 0.6 is 0 Å². The van der Waals surface area contributed by atoms with Gasteiger partial charge in [-0.25, -0.2) is 9.59 Å². The first-order valence-corrected chi connectivity index (χ1v) is 12.0. The van der Waals surface area contributed by atoms with E-state index in [9.17, 15) is 19.5 Å². The summed E-state index contributed by atoms with van der Waals surface area (Å²) in [6, 6.07) is 15.7. The van der Waals surface area contributed by atoms with Crippen LogP contribution in [0.2, 0.25) is 0 Å². The lowest BCUT2D eigenvalue weighted by molar-refractivity contribution is -0.158. The van der Waals surface area contributed by atoms with E-state index in [1.807, 2.05) is 24.3 Å². The van der Waals surface area contributed by atoms with Gasteiger partial charge in [0.05, 0.1) is 5.92 Å². The van der Waals surface area contributed by atoms with E-state index in [0.717, 1.165) is 22.3 Å². The Morgan fingerprint density at radius 3 is 2.24 bits per heavy atom. The summed E-state index contributed by atoms with van der Waals surface area (Å²) in [5.74, 6) is -1.85. The molecule has 180 valence electrons. The molecule has 2 aliphatic rings. The molecule has 7 heteroatoms. The van der Waals surface area contributed by atoms with Gasteiger partial charge in [0.25, 0.3) is 0 Å². The van der Waals surface area contributed by atoms with E-state index in [1.165, 1.54) is 4.90 Å². The number of carboxylic acids is 1. The maximum absolute atomic E-state index is 13.2. The van der Waals surface area contributed by atoms with Crippen LogP contribution in [0.5, 0.6) is 0 Å². The van der Waals surface area contributed by atoms with Crippen LogP contribution in [0.4, 0.5) is 4.79 Å². The van der Waals surface area contributed by atoms with Gasteiger partial charge in [-0.05, 0) is 48.4 Å². The Kier molecular flexibility index (Phi) is 6.64. The molecule has 2 amide bonds. The number of benzene rings is 2. The summed E-state index contributed by atoms with van der Waals surface area (Å²) in [5, 5.41) is 12.6. The highest BCUT2D eigenvalue weighted by atomic mass is 16.5. The highest BCUT2D eigenvalue weighted by molar-refractivity contribution is 5.89. The average Bonchev–Trinajstić information content (AvgIpc) is 3.42. The summed E-state index contributed by atoms with van der Waals surface area (Å²) < 4.78 is 5.60. The Morgan fingerprint density at radius 2 is 1.68 bits per heavy atom. The summed E-state index contributed by atoms with van der Waals surface area (Å²) in [6.45, 7) is 5.87. The number of likely N-dealkylation sites (tertiary alicyclic amines) is 1. The van der Waals surface area contributed by atoms with Crippen molar-refractivity contribution in [3.63, 3.8) is 0 Å². The SMILES string of the molecule is CCC1(C(=O)O)CCCN1C(=O)C(C)C(C)NC(=O)OCC1c2ccccc2-c2ccccc21. The van der Waals surface area contributed by atoms with E-state index in [2.05, 4.69) is 29.6 Å². The normalized spacial score (nSPS) is 20.9. The number of hydrogen-bond acceptors (Lipinski definition) is 4. The van der Waals surface area contributed by atoms with Gasteiger partial charge in [-0.15, -0.1) is 0 Å². The largest absolute Gasteiger partial charge is 0.479 e. The molecule has 0 radical (unpaired) electrons. The van der Waals surface area contributed by atoms with Crippen molar-refractivity contribution >= 4 is 18.0 Å². The van der Waals surface area contributed by atoms with Gasteiger partial charge < -0.3 is 20.1 Å². The fraction of sp³-hybridized carbons (Fsp3) is 0.444. The van der Waals surface area contributed by atoms with E-state index in [1.54, 1.807) is 20.8 Å².